The smallest absolute Gasteiger partial charge is 0.233 e. The molecule has 7 heteroatoms. The standard InChI is InChI=1S/C14H26N4O3/c1-9(2)8-17-11(19)4-5-16-13(20)14(12(15)18-21)6-10(3)7-14/h9-10,21H,4-8H2,1-3H3,(H2,15,18)(H,16,20)(H,17,19). The van der Waals surface area contributed by atoms with Crippen LogP contribution in [0.4, 0.5) is 0 Å². The van der Waals surface area contributed by atoms with Crippen molar-refractivity contribution in [3.63, 3.8) is 0 Å². The van der Waals surface area contributed by atoms with E-state index in [1.54, 1.807) is 0 Å². The van der Waals surface area contributed by atoms with Gasteiger partial charge in [0.25, 0.3) is 0 Å². The van der Waals surface area contributed by atoms with Gasteiger partial charge in [-0.25, -0.2) is 0 Å². The third-order valence-corrected chi connectivity index (χ3v) is 3.77. The van der Waals surface area contributed by atoms with Gasteiger partial charge in [0.05, 0.1) is 0 Å². The van der Waals surface area contributed by atoms with Gasteiger partial charge in [-0.1, -0.05) is 25.9 Å². The highest BCUT2D eigenvalue weighted by atomic mass is 16.4. The first-order valence-electron chi connectivity index (χ1n) is 7.35. The number of rotatable bonds is 7. The quantitative estimate of drug-likeness (QED) is 0.236. The summed E-state index contributed by atoms with van der Waals surface area (Å²) in [5.41, 5.74) is 4.73. The Bertz CT molecular complexity index is 414. The van der Waals surface area contributed by atoms with Crippen LogP contribution in [0.15, 0.2) is 5.16 Å². The third kappa shape index (κ3) is 4.34. The number of amidine groups is 1. The van der Waals surface area contributed by atoms with Gasteiger partial charge in [-0.05, 0) is 24.7 Å². The lowest BCUT2D eigenvalue weighted by atomic mass is 9.61. The fourth-order valence-corrected chi connectivity index (χ4v) is 2.60. The predicted molar refractivity (Wildman–Crippen MR) is 79.7 cm³/mol. The SMILES string of the molecule is CC(C)CNC(=O)CCNC(=O)C1(C(N)=NO)CC(C)C1. The molecule has 21 heavy (non-hydrogen) atoms. The van der Waals surface area contributed by atoms with Crippen LogP contribution in [0, 0.1) is 17.3 Å². The maximum absolute atomic E-state index is 12.2. The van der Waals surface area contributed by atoms with Crippen molar-refractivity contribution >= 4 is 17.6 Å². The Morgan fingerprint density at radius 1 is 1.38 bits per heavy atom. The average Bonchev–Trinajstić information content (AvgIpc) is 2.40. The second-order valence-electron chi connectivity index (χ2n) is 6.28. The van der Waals surface area contributed by atoms with E-state index in [1.165, 1.54) is 0 Å². The van der Waals surface area contributed by atoms with Gasteiger partial charge >= 0.3 is 0 Å². The lowest BCUT2D eigenvalue weighted by Crippen LogP contribution is -2.57. The summed E-state index contributed by atoms with van der Waals surface area (Å²) in [5, 5.41) is 17.3. The molecule has 0 aliphatic heterocycles. The van der Waals surface area contributed by atoms with Crippen molar-refractivity contribution in [2.24, 2.45) is 28.1 Å². The summed E-state index contributed by atoms with van der Waals surface area (Å²) in [6.45, 7) is 6.91. The Hall–Kier alpha value is -1.79. The number of nitrogens with zero attached hydrogens (tertiary/aromatic N) is 1. The molecule has 1 saturated carbocycles. The van der Waals surface area contributed by atoms with Gasteiger partial charge in [-0.2, -0.15) is 0 Å². The van der Waals surface area contributed by atoms with Gasteiger partial charge in [0, 0.05) is 19.5 Å². The van der Waals surface area contributed by atoms with E-state index >= 15 is 0 Å². The molecule has 1 fully saturated rings. The van der Waals surface area contributed by atoms with Crippen LogP contribution in [-0.4, -0.2) is 35.9 Å². The van der Waals surface area contributed by atoms with Crippen molar-refractivity contribution in [1.29, 1.82) is 0 Å². The topological polar surface area (TPSA) is 117 Å². The number of oxime groups is 1. The highest BCUT2D eigenvalue weighted by Crippen LogP contribution is 2.45. The molecular formula is C14H26N4O3. The van der Waals surface area contributed by atoms with E-state index in [2.05, 4.69) is 15.8 Å². The summed E-state index contributed by atoms with van der Waals surface area (Å²) in [7, 11) is 0. The van der Waals surface area contributed by atoms with Gasteiger partial charge in [-0.15, -0.1) is 0 Å². The van der Waals surface area contributed by atoms with E-state index in [0.717, 1.165) is 0 Å². The van der Waals surface area contributed by atoms with Gasteiger partial charge < -0.3 is 21.6 Å². The maximum Gasteiger partial charge on any atom is 0.233 e. The van der Waals surface area contributed by atoms with E-state index in [1.807, 2.05) is 20.8 Å². The van der Waals surface area contributed by atoms with Crippen LogP contribution >= 0.6 is 0 Å². The second kappa shape index (κ2) is 7.28. The van der Waals surface area contributed by atoms with E-state index < -0.39 is 5.41 Å². The Kier molecular flexibility index (Phi) is 5.99. The minimum Gasteiger partial charge on any atom is -0.409 e. The first kappa shape index (κ1) is 17.3. The largest absolute Gasteiger partial charge is 0.409 e. The summed E-state index contributed by atoms with van der Waals surface area (Å²) in [6.07, 6.45) is 1.35. The fourth-order valence-electron chi connectivity index (χ4n) is 2.60. The Labute approximate surface area is 125 Å². The van der Waals surface area contributed by atoms with Crippen LogP contribution in [0.1, 0.15) is 40.0 Å². The molecule has 1 aliphatic carbocycles. The van der Waals surface area contributed by atoms with Crippen molar-refractivity contribution in [2.45, 2.75) is 40.0 Å². The molecule has 0 atom stereocenters. The van der Waals surface area contributed by atoms with E-state index in [4.69, 9.17) is 10.9 Å². The van der Waals surface area contributed by atoms with Crippen LogP contribution in [0.3, 0.4) is 0 Å². The molecule has 0 heterocycles. The zero-order valence-electron chi connectivity index (χ0n) is 13.0. The minimum atomic E-state index is -0.914. The Morgan fingerprint density at radius 2 is 2.00 bits per heavy atom. The highest BCUT2D eigenvalue weighted by molar-refractivity contribution is 6.07. The summed E-state index contributed by atoms with van der Waals surface area (Å²) in [4.78, 5) is 23.8. The normalized spacial score (nSPS) is 25.3. The molecule has 1 rings (SSSR count). The molecular weight excluding hydrogens is 272 g/mol. The molecule has 0 aromatic heterocycles. The van der Waals surface area contributed by atoms with E-state index in [9.17, 15) is 9.59 Å². The average molecular weight is 298 g/mol. The summed E-state index contributed by atoms with van der Waals surface area (Å²) < 4.78 is 0. The fraction of sp³-hybridized carbons (Fsp3) is 0.786. The number of carbonyl (C=O) groups is 2. The van der Waals surface area contributed by atoms with Gasteiger partial charge in [-0.3, -0.25) is 9.59 Å². The van der Waals surface area contributed by atoms with Crippen molar-refractivity contribution in [3.8, 4) is 0 Å². The Balaban J connectivity index is 2.41. The predicted octanol–water partition coefficient (Wildman–Crippen LogP) is 0.428. The van der Waals surface area contributed by atoms with Gasteiger partial charge in [0.2, 0.25) is 11.8 Å². The lowest BCUT2D eigenvalue weighted by molar-refractivity contribution is -0.133. The molecule has 0 bridgehead atoms. The molecule has 0 unspecified atom stereocenters. The monoisotopic (exact) mass is 298 g/mol. The first-order valence-corrected chi connectivity index (χ1v) is 7.35. The molecule has 2 amide bonds. The number of carbonyl (C=O) groups excluding carboxylic acids is 2. The second-order valence-corrected chi connectivity index (χ2v) is 6.28. The number of hydrogen-bond donors (Lipinski definition) is 4. The van der Waals surface area contributed by atoms with Crippen molar-refractivity contribution in [1.82, 2.24) is 10.6 Å². The lowest BCUT2D eigenvalue weighted by Gasteiger charge is -2.43. The number of amides is 2. The van der Waals surface area contributed by atoms with Crippen molar-refractivity contribution in [2.75, 3.05) is 13.1 Å². The van der Waals surface area contributed by atoms with E-state index in [0.29, 0.717) is 31.2 Å². The van der Waals surface area contributed by atoms with Crippen LogP contribution in [-0.2, 0) is 9.59 Å². The maximum atomic E-state index is 12.2. The molecule has 0 aromatic carbocycles. The van der Waals surface area contributed by atoms with Crippen LogP contribution in [0.5, 0.6) is 0 Å². The van der Waals surface area contributed by atoms with Crippen molar-refractivity contribution < 1.29 is 14.8 Å². The third-order valence-electron chi connectivity index (χ3n) is 3.77. The zero-order valence-corrected chi connectivity index (χ0v) is 13.0. The molecule has 7 nitrogen and oxygen atoms in total. The molecule has 120 valence electrons. The minimum absolute atomic E-state index is 0.0534. The Morgan fingerprint density at radius 3 is 2.48 bits per heavy atom. The van der Waals surface area contributed by atoms with Crippen molar-refractivity contribution in [3.05, 3.63) is 0 Å². The summed E-state index contributed by atoms with van der Waals surface area (Å²) >= 11 is 0. The van der Waals surface area contributed by atoms with Crippen LogP contribution in [0.2, 0.25) is 0 Å². The molecule has 0 spiro atoms. The number of hydrogen-bond acceptors (Lipinski definition) is 4. The summed E-state index contributed by atoms with van der Waals surface area (Å²) in [5.74, 6) is 0.341. The molecule has 1 aliphatic rings. The first-order chi connectivity index (χ1) is 9.81. The van der Waals surface area contributed by atoms with Crippen LogP contribution in [0.25, 0.3) is 0 Å². The van der Waals surface area contributed by atoms with Gasteiger partial charge in [0.1, 0.15) is 5.41 Å². The molecule has 0 radical (unpaired) electrons. The highest BCUT2D eigenvalue weighted by Gasteiger charge is 2.52. The molecule has 0 saturated heterocycles. The van der Waals surface area contributed by atoms with Gasteiger partial charge in [0.15, 0.2) is 5.84 Å². The van der Waals surface area contributed by atoms with Crippen LogP contribution < -0.4 is 16.4 Å². The molecule has 0 aromatic rings. The summed E-state index contributed by atoms with van der Waals surface area (Å²) in [6, 6.07) is 0. The van der Waals surface area contributed by atoms with E-state index in [-0.39, 0.29) is 30.6 Å². The number of nitrogens with one attached hydrogen (secondary N) is 2. The molecule has 5 N–H and O–H groups in total. The number of nitrogens with two attached hydrogens (primary N) is 1. The zero-order chi connectivity index (χ0) is 16.0.